The highest BCUT2D eigenvalue weighted by molar-refractivity contribution is 7.91. The largest absolute Gasteiger partial charge is 0.396 e. The standard InChI is InChI=1S/C15H17N5O2S.CH4O3S/c1-9-12(16)10(2)20-15(18-9)13(14(17-3)19-20)23(21,22)11-7-5-4-6-8-11;1-5(2,3)4/h4-8H,16H2,1-3H3,(H,17,19);1H3,(H,2,3,4). The van der Waals surface area contributed by atoms with Crippen molar-refractivity contribution in [3.05, 3.63) is 41.7 Å². The maximum Gasteiger partial charge on any atom is 0.261 e. The van der Waals surface area contributed by atoms with Gasteiger partial charge in [-0.2, -0.15) is 8.42 Å². The number of rotatable bonds is 3. The van der Waals surface area contributed by atoms with Crippen LogP contribution < -0.4 is 11.1 Å². The number of hydrogen-bond acceptors (Lipinski definition) is 8. The minimum absolute atomic E-state index is 0.0531. The molecule has 0 aliphatic carbocycles. The molecule has 0 atom stereocenters. The molecule has 0 aliphatic rings. The number of anilines is 2. The summed E-state index contributed by atoms with van der Waals surface area (Å²) in [7, 11) is -5.80. The van der Waals surface area contributed by atoms with Crippen LogP contribution in [0.2, 0.25) is 0 Å². The van der Waals surface area contributed by atoms with Crippen molar-refractivity contribution in [2.45, 2.75) is 23.6 Å². The van der Waals surface area contributed by atoms with Crippen molar-refractivity contribution in [2.75, 3.05) is 24.4 Å². The van der Waals surface area contributed by atoms with Crippen molar-refractivity contribution >= 4 is 37.1 Å². The predicted octanol–water partition coefficient (Wildman–Crippen LogP) is 1.31. The number of fused-ring (bicyclic) bond motifs is 1. The van der Waals surface area contributed by atoms with Crippen LogP contribution in [0.25, 0.3) is 5.65 Å². The van der Waals surface area contributed by atoms with Crippen molar-refractivity contribution in [3.63, 3.8) is 0 Å². The summed E-state index contributed by atoms with van der Waals surface area (Å²) in [6.07, 6.45) is 0.715. The molecule has 12 heteroatoms. The summed E-state index contributed by atoms with van der Waals surface area (Å²) in [6, 6.07) is 8.23. The molecule has 0 unspecified atom stereocenters. The highest BCUT2D eigenvalue weighted by atomic mass is 32.2. The molecule has 0 saturated heterocycles. The van der Waals surface area contributed by atoms with Gasteiger partial charge < -0.3 is 11.1 Å². The zero-order valence-electron chi connectivity index (χ0n) is 15.7. The number of nitrogens with one attached hydrogen (secondary N) is 1. The van der Waals surface area contributed by atoms with Crippen molar-refractivity contribution < 1.29 is 21.4 Å². The summed E-state index contributed by atoms with van der Waals surface area (Å²) < 4.78 is 53.4. The van der Waals surface area contributed by atoms with Crippen LogP contribution >= 0.6 is 0 Å². The Bertz CT molecular complexity index is 1210. The normalized spacial score (nSPS) is 11.8. The number of benzene rings is 1. The van der Waals surface area contributed by atoms with Crippen LogP contribution in [-0.2, 0) is 20.0 Å². The molecule has 2 aromatic heterocycles. The van der Waals surface area contributed by atoms with Gasteiger partial charge in [0.1, 0.15) is 0 Å². The number of aryl methyl sites for hydroxylation is 2. The summed E-state index contributed by atoms with van der Waals surface area (Å²) in [5.74, 6) is 0.245. The first-order valence-electron chi connectivity index (χ1n) is 7.93. The number of nitrogen functional groups attached to an aromatic ring is 1. The van der Waals surface area contributed by atoms with E-state index in [4.69, 9.17) is 10.3 Å². The Morgan fingerprint density at radius 3 is 2.14 bits per heavy atom. The van der Waals surface area contributed by atoms with Crippen LogP contribution in [0.5, 0.6) is 0 Å². The molecule has 1 aromatic carbocycles. The fourth-order valence-electron chi connectivity index (χ4n) is 2.45. The fraction of sp³-hybridized carbons (Fsp3) is 0.250. The molecule has 10 nitrogen and oxygen atoms in total. The fourth-order valence-corrected chi connectivity index (χ4v) is 3.97. The van der Waals surface area contributed by atoms with Crippen LogP contribution in [0.15, 0.2) is 40.1 Å². The Hall–Kier alpha value is -2.70. The van der Waals surface area contributed by atoms with Gasteiger partial charge in [-0.25, -0.2) is 17.9 Å². The van der Waals surface area contributed by atoms with Crippen LogP contribution in [0.3, 0.4) is 0 Å². The second-order valence-corrected chi connectivity index (χ2v) is 9.26. The van der Waals surface area contributed by atoms with E-state index < -0.39 is 20.0 Å². The smallest absolute Gasteiger partial charge is 0.261 e. The third-order valence-corrected chi connectivity index (χ3v) is 5.55. The van der Waals surface area contributed by atoms with Gasteiger partial charge in [0.05, 0.1) is 28.2 Å². The highest BCUT2D eigenvalue weighted by Crippen LogP contribution is 2.32. The topological polar surface area (TPSA) is 157 Å². The van der Waals surface area contributed by atoms with Gasteiger partial charge in [-0.15, -0.1) is 5.10 Å². The van der Waals surface area contributed by atoms with Gasteiger partial charge in [-0.3, -0.25) is 4.55 Å². The molecule has 0 aliphatic heterocycles. The monoisotopic (exact) mass is 427 g/mol. The molecule has 0 amide bonds. The van der Waals surface area contributed by atoms with Crippen LogP contribution in [0, 0.1) is 13.8 Å². The van der Waals surface area contributed by atoms with Crippen molar-refractivity contribution in [1.82, 2.24) is 14.6 Å². The Morgan fingerprint density at radius 2 is 1.64 bits per heavy atom. The number of aromatic nitrogens is 3. The number of hydrogen-bond donors (Lipinski definition) is 3. The summed E-state index contributed by atoms with van der Waals surface area (Å²) in [4.78, 5) is 4.60. The van der Waals surface area contributed by atoms with E-state index in [9.17, 15) is 16.8 Å². The van der Waals surface area contributed by atoms with E-state index in [0.29, 0.717) is 23.3 Å². The molecule has 3 rings (SSSR count). The zero-order valence-corrected chi connectivity index (χ0v) is 17.3. The molecule has 0 spiro atoms. The van der Waals surface area contributed by atoms with Crippen molar-refractivity contribution in [1.29, 1.82) is 0 Å². The molecular weight excluding hydrogens is 406 g/mol. The maximum absolute atomic E-state index is 13.0. The minimum atomic E-state index is -3.76. The van der Waals surface area contributed by atoms with Crippen LogP contribution in [0.1, 0.15) is 11.4 Å². The Morgan fingerprint density at radius 1 is 1.11 bits per heavy atom. The quantitative estimate of drug-likeness (QED) is 0.524. The second kappa shape index (κ2) is 7.73. The summed E-state index contributed by atoms with van der Waals surface area (Å²) in [5, 5.41) is 7.14. The minimum Gasteiger partial charge on any atom is -0.396 e. The lowest BCUT2D eigenvalue weighted by atomic mass is 10.3. The predicted molar refractivity (Wildman–Crippen MR) is 106 cm³/mol. The van der Waals surface area contributed by atoms with Crippen LogP contribution in [-0.4, -0.2) is 49.3 Å². The van der Waals surface area contributed by atoms with E-state index in [1.807, 2.05) is 0 Å². The third-order valence-electron chi connectivity index (χ3n) is 3.75. The third kappa shape index (κ3) is 4.40. The van der Waals surface area contributed by atoms with Crippen LogP contribution in [0.4, 0.5) is 11.5 Å². The Labute approximate surface area is 163 Å². The van der Waals surface area contributed by atoms with Gasteiger partial charge in [0, 0.05) is 7.05 Å². The molecule has 152 valence electrons. The first-order chi connectivity index (χ1) is 12.9. The molecule has 28 heavy (non-hydrogen) atoms. The van der Waals surface area contributed by atoms with Gasteiger partial charge >= 0.3 is 0 Å². The molecule has 2 heterocycles. The van der Waals surface area contributed by atoms with E-state index in [0.717, 1.165) is 0 Å². The Balaban J connectivity index is 0.000000500. The lowest BCUT2D eigenvalue weighted by molar-refractivity contribution is 0.490. The lowest BCUT2D eigenvalue weighted by Gasteiger charge is -2.07. The molecule has 0 bridgehead atoms. The van der Waals surface area contributed by atoms with Crippen molar-refractivity contribution in [3.8, 4) is 0 Å². The summed E-state index contributed by atoms with van der Waals surface area (Å²) in [5.41, 5.74) is 7.96. The molecule has 0 radical (unpaired) electrons. The lowest BCUT2D eigenvalue weighted by Crippen LogP contribution is -2.07. The van der Waals surface area contributed by atoms with E-state index in [2.05, 4.69) is 15.4 Å². The summed E-state index contributed by atoms with van der Waals surface area (Å²) >= 11 is 0. The average Bonchev–Trinajstić information content (AvgIpc) is 2.98. The maximum atomic E-state index is 13.0. The molecule has 3 aromatic rings. The van der Waals surface area contributed by atoms with Gasteiger partial charge in [0.25, 0.3) is 10.1 Å². The summed E-state index contributed by atoms with van der Waals surface area (Å²) in [6.45, 7) is 3.52. The van der Waals surface area contributed by atoms with Gasteiger partial charge in [-0.05, 0) is 26.0 Å². The van der Waals surface area contributed by atoms with Crippen molar-refractivity contribution in [2.24, 2.45) is 0 Å². The Kier molecular flexibility index (Phi) is 5.97. The molecule has 0 fully saturated rings. The average molecular weight is 428 g/mol. The molecular formula is C16H21N5O5S2. The van der Waals surface area contributed by atoms with Gasteiger partial charge in [0.2, 0.25) is 9.84 Å². The molecule has 0 saturated carbocycles. The number of nitrogens with two attached hydrogens (primary N) is 1. The van der Waals surface area contributed by atoms with Gasteiger partial charge in [-0.1, -0.05) is 18.2 Å². The van der Waals surface area contributed by atoms with E-state index in [1.165, 1.54) is 4.52 Å². The van der Waals surface area contributed by atoms with E-state index in [-0.39, 0.29) is 21.3 Å². The number of sulfone groups is 1. The van der Waals surface area contributed by atoms with Gasteiger partial charge in [0.15, 0.2) is 16.4 Å². The zero-order chi connectivity index (χ0) is 21.3. The number of nitrogens with zero attached hydrogens (tertiary/aromatic N) is 3. The SMILES string of the molecule is CNc1nn2c(C)c(N)c(C)nc2c1S(=O)(=O)c1ccccc1.CS(=O)(=O)O. The second-order valence-electron chi connectivity index (χ2n) is 5.91. The molecule has 4 N–H and O–H groups in total. The van der Waals surface area contributed by atoms with E-state index in [1.54, 1.807) is 51.2 Å². The van der Waals surface area contributed by atoms with E-state index >= 15 is 0 Å². The highest BCUT2D eigenvalue weighted by Gasteiger charge is 2.29. The first kappa shape index (κ1) is 21.6. The first-order valence-corrected chi connectivity index (χ1v) is 11.3.